The molecule has 184 valence electrons. The fraction of sp³-hybridized carbons (Fsp3) is 0.783. The molecule has 8 nitrogen and oxygen atoms in total. The number of ether oxygens (including phenoxy) is 3. The summed E-state index contributed by atoms with van der Waals surface area (Å²) in [5.41, 5.74) is -2.12. The van der Waals surface area contributed by atoms with E-state index in [9.17, 15) is 14.4 Å². The minimum absolute atomic E-state index is 0.147. The monoisotopic (exact) mass is 470 g/mol. The molecule has 2 atom stereocenters. The molecule has 1 unspecified atom stereocenters. The van der Waals surface area contributed by atoms with Crippen molar-refractivity contribution < 1.29 is 28.6 Å². The second kappa shape index (κ2) is 11.7. The molecular weight excluding hydrogens is 428 g/mol. The van der Waals surface area contributed by atoms with Crippen LogP contribution >= 0.6 is 0 Å². The first-order chi connectivity index (χ1) is 14.7. The number of piperidine rings is 1. The maximum atomic E-state index is 12.9. The lowest BCUT2D eigenvalue weighted by Crippen LogP contribution is -2.60. The smallest absolute Gasteiger partial charge is 0.409 e. The molecule has 1 aliphatic heterocycles. The Morgan fingerprint density at radius 1 is 1.19 bits per heavy atom. The van der Waals surface area contributed by atoms with Crippen molar-refractivity contribution in [3.05, 3.63) is 12.7 Å². The third-order valence-corrected chi connectivity index (χ3v) is 7.04. The third-order valence-electron chi connectivity index (χ3n) is 5.33. The molecule has 2 amide bonds. The van der Waals surface area contributed by atoms with Gasteiger partial charge in [-0.15, -0.1) is 6.58 Å². The van der Waals surface area contributed by atoms with Gasteiger partial charge in [-0.3, -0.25) is 0 Å². The van der Waals surface area contributed by atoms with Gasteiger partial charge in [-0.25, -0.2) is 14.4 Å². The number of carbonyl (C=O) groups is 3. The van der Waals surface area contributed by atoms with Gasteiger partial charge in [-0.1, -0.05) is 25.7 Å². The number of hydrogen-bond donors (Lipinski definition) is 1. The van der Waals surface area contributed by atoms with Gasteiger partial charge in [0.15, 0.2) is 0 Å². The molecule has 1 fully saturated rings. The van der Waals surface area contributed by atoms with Crippen LogP contribution in [0.15, 0.2) is 12.7 Å². The zero-order chi connectivity index (χ0) is 24.6. The van der Waals surface area contributed by atoms with Gasteiger partial charge in [0.05, 0.1) is 13.7 Å². The maximum absolute atomic E-state index is 12.9. The van der Waals surface area contributed by atoms with Crippen molar-refractivity contribution in [2.75, 3.05) is 20.3 Å². The molecule has 0 aromatic rings. The van der Waals surface area contributed by atoms with Crippen LogP contribution < -0.4 is 5.32 Å². The largest absolute Gasteiger partial charge is 0.467 e. The van der Waals surface area contributed by atoms with Crippen molar-refractivity contribution in [1.29, 1.82) is 0 Å². The van der Waals surface area contributed by atoms with Gasteiger partial charge in [-0.2, -0.15) is 0 Å². The second-order valence-corrected chi connectivity index (χ2v) is 16.3. The molecule has 1 saturated heterocycles. The van der Waals surface area contributed by atoms with E-state index in [0.29, 0.717) is 19.6 Å². The van der Waals surface area contributed by atoms with Crippen molar-refractivity contribution in [2.45, 2.75) is 95.7 Å². The molecule has 0 radical (unpaired) electrons. The topological polar surface area (TPSA) is 94.2 Å². The summed E-state index contributed by atoms with van der Waals surface area (Å²) in [5, 5.41) is 2.73. The van der Waals surface area contributed by atoms with Crippen LogP contribution in [0.1, 0.15) is 52.9 Å². The van der Waals surface area contributed by atoms with Gasteiger partial charge in [0, 0.05) is 27.1 Å². The van der Waals surface area contributed by atoms with Crippen molar-refractivity contribution >= 4 is 26.2 Å². The Bertz CT molecular complexity index is 670. The minimum atomic E-state index is -1.39. The summed E-state index contributed by atoms with van der Waals surface area (Å²) in [4.78, 5) is 40.0. The Labute approximate surface area is 194 Å². The van der Waals surface area contributed by atoms with Gasteiger partial charge in [-0.05, 0) is 52.5 Å². The van der Waals surface area contributed by atoms with Crippen LogP contribution in [0.25, 0.3) is 0 Å². The van der Waals surface area contributed by atoms with Crippen LogP contribution in [0.4, 0.5) is 9.59 Å². The van der Waals surface area contributed by atoms with Crippen LogP contribution in [0.3, 0.4) is 0 Å². The molecule has 1 aliphatic rings. The molecule has 9 heteroatoms. The molecule has 1 N–H and O–H groups in total. The minimum Gasteiger partial charge on any atom is -0.467 e. The highest BCUT2D eigenvalue weighted by atomic mass is 28.3. The standard InChI is InChI=1S/C23H42N2O6Si/c1-9-13-23(19(26)29-5,24-20(27)31-22(2,3)4)17-18-12-10-11-14-25(18)21(28)30-15-16-32(6,7)8/h9,18H,1,10-17H2,2-8H3,(H,24,27)/t18-,23?/m0/s1. The Hall–Kier alpha value is -2.03. The van der Waals surface area contributed by atoms with Crippen LogP contribution in [0.2, 0.25) is 25.7 Å². The Balaban J connectivity index is 3.07. The van der Waals surface area contributed by atoms with Crippen LogP contribution in [-0.4, -0.2) is 68.6 Å². The molecule has 0 aromatic carbocycles. The van der Waals surface area contributed by atoms with E-state index in [1.54, 1.807) is 31.7 Å². The first kappa shape index (κ1) is 28.0. The normalized spacial score (nSPS) is 18.8. The number of likely N-dealkylation sites (tertiary alicyclic amines) is 1. The van der Waals surface area contributed by atoms with Crippen molar-refractivity contribution in [1.82, 2.24) is 10.2 Å². The van der Waals surface area contributed by atoms with Gasteiger partial charge >= 0.3 is 18.2 Å². The van der Waals surface area contributed by atoms with Crippen LogP contribution in [0, 0.1) is 0 Å². The van der Waals surface area contributed by atoms with E-state index in [-0.39, 0.29) is 25.0 Å². The van der Waals surface area contributed by atoms with E-state index < -0.39 is 31.3 Å². The number of amides is 2. The molecule has 0 aliphatic carbocycles. The van der Waals surface area contributed by atoms with E-state index in [4.69, 9.17) is 14.2 Å². The number of carbonyl (C=O) groups excluding carboxylic acids is 3. The number of hydrogen-bond acceptors (Lipinski definition) is 6. The third kappa shape index (κ3) is 9.22. The van der Waals surface area contributed by atoms with Crippen LogP contribution in [0.5, 0.6) is 0 Å². The Kier molecular flexibility index (Phi) is 10.3. The summed E-state index contributed by atoms with van der Waals surface area (Å²) in [5.74, 6) is -0.596. The Morgan fingerprint density at radius 3 is 2.38 bits per heavy atom. The first-order valence-electron chi connectivity index (χ1n) is 11.4. The van der Waals surface area contributed by atoms with Crippen molar-refractivity contribution in [3.63, 3.8) is 0 Å². The average molecular weight is 471 g/mol. The van der Waals surface area contributed by atoms with Gasteiger partial charge < -0.3 is 24.4 Å². The van der Waals surface area contributed by atoms with Crippen LogP contribution in [-0.2, 0) is 19.0 Å². The van der Waals surface area contributed by atoms with Gasteiger partial charge in [0.1, 0.15) is 11.1 Å². The molecule has 0 spiro atoms. The molecular formula is C23H42N2O6Si. The predicted octanol–water partition coefficient (Wildman–Crippen LogP) is 4.72. The zero-order valence-corrected chi connectivity index (χ0v) is 21.9. The zero-order valence-electron chi connectivity index (χ0n) is 20.9. The van der Waals surface area contributed by atoms with Gasteiger partial charge in [0.2, 0.25) is 0 Å². The maximum Gasteiger partial charge on any atom is 0.409 e. The van der Waals surface area contributed by atoms with Crippen molar-refractivity contribution in [3.8, 4) is 0 Å². The lowest BCUT2D eigenvalue weighted by atomic mass is 9.84. The summed E-state index contributed by atoms with van der Waals surface area (Å²) in [6.07, 6.45) is 3.30. The van der Waals surface area contributed by atoms with Gasteiger partial charge in [0.25, 0.3) is 0 Å². The lowest BCUT2D eigenvalue weighted by molar-refractivity contribution is -0.149. The molecule has 0 saturated carbocycles. The first-order valence-corrected chi connectivity index (χ1v) is 15.1. The highest BCUT2D eigenvalue weighted by Gasteiger charge is 2.45. The molecule has 0 bridgehead atoms. The molecule has 32 heavy (non-hydrogen) atoms. The summed E-state index contributed by atoms with van der Waals surface area (Å²) in [7, 11) is -0.0489. The molecule has 1 rings (SSSR count). The fourth-order valence-corrected chi connectivity index (χ4v) is 4.44. The van der Waals surface area contributed by atoms with E-state index in [2.05, 4.69) is 31.5 Å². The van der Waals surface area contributed by atoms with E-state index in [1.807, 2.05) is 0 Å². The highest BCUT2D eigenvalue weighted by molar-refractivity contribution is 6.76. The second-order valence-electron chi connectivity index (χ2n) is 10.7. The number of alkyl carbamates (subject to hydrolysis) is 1. The molecule has 1 heterocycles. The fourth-order valence-electron chi connectivity index (χ4n) is 3.73. The number of methoxy groups -OCH3 is 1. The lowest BCUT2D eigenvalue weighted by Gasteiger charge is -2.41. The number of rotatable bonds is 9. The quantitative estimate of drug-likeness (QED) is 0.227. The number of nitrogens with one attached hydrogen (secondary N) is 1. The van der Waals surface area contributed by atoms with E-state index >= 15 is 0 Å². The SMILES string of the molecule is C=CCC(C[C@@H]1CCCCN1C(=O)OCC[Si](C)(C)C)(NC(=O)OC(C)(C)C)C(=O)OC. The van der Waals surface area contributed by atoms with Crippen molar-refractivity contribution in [2.24, 2.45) is 0 Å². The summed E-state index contributed by atoms with van der Waals surface area (Å²) >= 11 is 0. The predicted molar refractivity (Wildman–Crippen MR) is 127 cm³/mol. The summed E-state index contributed by atoms with van der Waals surface area (Å²) in [6.45, 7) is 16.6. The summed E-state index contributed by atoms with van der Waals surface area (Å²) < 4.78 is 16.0. The number of esters is 1. The van der Waals surface area contributed by atoms with E-state index in [0.717, 1.165) is 18.9 Å². The number of nitrogens with zero attached hydrogens (tertiary/aromatic N) is 1. The summed E-state index contributed by atoms with van der Waals surface area (Å²) in [6, 6.07) is 0.608. The Morgan fingerprint density at radius 2 is 1.84 bits per heavy atom. The molecule has 0 aromatic heterocycles. The highest BCUT2D eigenvalue weighted by Crippen LogP contribution is 2.29. The average Bonchev–Trinajstić information content (AvgIpc) is 2.65. The van der Waals surface area contributed by atoms with E-state index in [1.165, 1.54) is 7.11 Å².